The second-order valence-electron chi connectivity index (χ2n) is 3.71. The molecule has 0 amide bonds. The Labute approximate surface area is 95.3 Å². The number of aromatic nitrogens is 1. The molecule has 1 aromatic carbocycles. The zero-order valence-corrected chi connectivity index (χ0v) is 9.27. The van der Waals surface area contributed by atoms with E-state index in [1.165, 1.54) is 5.56 Å². The Hall–Kier alpha value is -1.87. The molecule has 0 saturated heterocycles. The Kier molecular flexibility index (Phi) is 3.17. The molecular formula is C13H15N3. The van der Waals surface area contributed by atoms with Crippen LogP contribution in [0.15, 0.2) is 42.6 Å². The molecule has 1 heterocycles. The number of aryl methyl sites for hydroxylation is 1. The van der Waals surface area contributed by atoms with Gasteiger partial charge in [-0.15, -0.1) is 0 Å². The summed E-state index contributed by atoms with van der Waals surface area (Å²) in [4.78, 5) is 4.28. The maximum absolute atomic E-state index is 5.65. The summed E-state index contributed by atoms with van der Waals surface area (Å²) in [5.41, 5.74) is 8.93. The van der Waals surface area contributed by atoms with Crippen LogP contribution in [0, 0.1) is 6.92 Å². The second-order valence-corrected chi connectivity index (χ2v) is 3.71. The quantitative estimate of drug-likeness (QED) is 0.824. The summed E-state index contributed by atoms with van der Waals surface area (Å²) in [5.74, 6) is 0.829. The van der Waals surface area contributed by atoms with Crippen LogP contribution in [0.3, 0.4) is 0 Å². The first-order valence-corrected chi connectivity index (χ1v) is 5.27. The van der Waals surface area contributed by atoms with E-state index in [0.717, 1.165) is 17.1 Å². The van der Waals surface area contributed by atoms with E-state index in [-0.39, 0.29) is 0 Å². The molecule has 0 radical (unpaired) electrons. The molecule has 3 N–H and O–H groups in total. The van der Waals surface area contributed by atoms with Gasteiger partial charge in [0, 0.05) is 24.0 Å². The van der Waals surface area contributed by atoms with Crippen LogP contribution >= 0.6 is 0 Å². The van der Waals surface area contributed by atoms with E-state index < -0.39 is 0 Å². The molecule has 0 aliphatic rings. The van der Waals surface area contributed by atoms with Gasteiger partial charge < -0.3 is 11.1 Å². The van der Waals surface area contributed by atoms with Gasteiger partial charge in [-0.3, -0.25) is 0 Å². The molecule has 16 heavy (non-hydrogen) atoms. The average molecular weight is 213 g/mol. The molecule has 2 aromatic rings. The number of hydrogen-bond acceptors (Lipinski definition) is 3. The summed E-state index contributed by atoms with van der Waals surface area (Å²) in [6.45, 7) is 2.55. The highest BCUT2D eigenvalue weighted by Crippen LogP contribution is 2.18. The molecular weight excluding hydrogens is 198 g/mol. The van der Waals surface area contributed by atoms with Crippen LogP contribution in [-0.4, -0.2) is 4.98 Å². The number of rotatable bonds is 3. The van der Waals surface area contributed by atoms with Crippen molar-refractivity contribution in [2.45, 2.75) is 13.5 Å². The Morgan fingerprint density at radius 1 is 1.25 bits per heavy atom. The molecule has 0 unspecified atom stereocenters. The van der Waals surface area contributed by atoms with Gasteiger partial charge in [0.1, 0.15) is 5.82 Å². The van der Waals surface area contributed by atoms with E-state index in [4.69, 9.17) is 5.73 Å². The number of pyridine rings is 1. The molecule has 2 rings (SSSR count). The van der Waals surface area contributed by atoms with Crippen molar-refractivity contribution >= 4 is 11.5 Å². The molecule has 3 heteroatoms. The van der Waals surface area contributed by atoms with E-state index in [2.05, 4.69) is 29.4 Å². The van der Waals surface area contributed by atoms with Crippen molar-refractivity contribution in [2.24, 2.45) is 5.73 Å². The molecule has 0 atom stereocenters. The minimum atomic E-state index is 0.488. The van der Waals surface area contributed by atoms with E-state index in [0.29, 0.717) is 6.54 Å². The van der Waals surface area contributed by atoms with Crippen molar-refractivity contribution in [2.75, 3.05) is 5.32 Å². The predicted octanol–water partition coefficient (Wildman–Crippen LogP) is 2.59. The fourth-order valence-corrected chi connectivity index (χ4v) is 1.58. The van der Waals surface area contributed by atoms with Crippen molar-refractivity contribution in [1.29, 1.82) is 0 Å². The van der Waals surface area contributed by atoms with Crippen LogP contribution in [0.5, 0.6) is 0 Å². The molecule has 82 valence electrons. The smallest absolute Gasteiger partial charge is 0.134 e. The molecule has 0 aliphatic carbocycles. The number of nitrogens with zero attached hydrogens (tertiary/aromatic N) is 1. The highest BCUT2D eigenvalue weighted by Gasteiger charge is 2.01. The number of anilines is 2. The maximum atomic E-state index is 5.65. The first-order chi connectivity index (χ1) is 7.79. The van der Waals surface area contributed by atoms with Crippen molar-refractivity contribution < 1.29 is 0 Å². The van der Waals surface area contributed by atoms with Gasteiger partial charge in [-0.2, -0.15) is 0 Å². The van der Waals surface area contributed by atoms with Gasteiger partial charge in [0.2, 0.25) is 0 Å². The van der Waals surface area contributed by atoms with Crippen LogP contribution in [0.1, 0.15) is 11.1 Å². The summed E-state index contributed by atoms with van der Waals surface area (Å²) in [7, 11) is 0. The van der Waals surface area contributed by atoms with Crippen LogP contribution in [0.2, 0.25) is 0 Å². The van der Waals surface area contributed by atoms with Crippen molar-refractivity contribution in [3.63, 3.8) is 0 Å². The Bertz CT molecular complexity index is 480. The fourth-order valence-electron chi connectivity index (χ4n) is 1.58. The zero-order chi connectivity index (χ0) is 11.4. The summed E-state index contributed by atoms with van der Waals surface area (Å²) < 4.78 is 0. The maximum Gasteiger partial charge on any atom is 0.134 e. The lowest BCUT2D eigenvalue weighted by Gasteiger charge is -2.09. The van der Waals surface area contributed by atoms with E-state index in [9.17, 15) is 0 Å². The van der Waals surface area contributed by atoms with Crippen molar-refractivity contribution in [1.82, 2.24) is 4.98 Å². The van der Waals surface area contributed by atoms with Crippen LogP contribution in [0.25, 0.3) is 0 Å². The average Bonchev–Trinajstić information content (AvgIpc) is 2.30. The topological polar surface area (TPSA) is 50.9 Å². The zero-order valence-electron chi connectivity index (χ0n) is 9.27. The van der Waals surface area contributed by atoms with Gasteiger partial charge in [-0.25, -0.2) is 4.98 Å². The predicted molar refractivity (Wildman–Crippen MR) is 66.6 cm³/mol. The second kappa shape index (κ2) is 4.77. The lowest BCUT2D eigenvalue weighted by molar-refractivity contribution is 1.05. The Balaban J connectivity index is 2.26. The third-order valence-corrected chi connectivity index (χ3v) is 2.39. The number of nitrogens with two attached hydrogens (primary N) is 1. The molecule has 0 bridgehead atoms. The van der Waals surface area contributed by atoms with Crippen molar-refractivity contribution in [3.05, 3.63) is 53.7 Å². The van der Waals surface area contributed by atoms with Crippen molar-refractivity contribution in [3.8, 4) is 0 Å². The number of hydrogen-bond donors (Lipinski definition) is 2. The summed E-state index contributed by atoms with van der Waals surface area (Å²) in [6.07, 6.45) is 1.76. The van der Waals surface area contributed by atoms with E-state index in [1.807, 2.05) is 24.3 Å². The minimum absolute atomic E-state index is 0.488. The van der Waals surface area contributed by atoms with E-state index in [1.54, 1.807) is 6.20 Å². The minimum Gasteiger partial charge on any atom is -0.340 e. The van der Waals surface area contributed by atoms with Gasteiger partial charge >= 0.3 is 0 Å². The number of nitrogens with one attached hydrogen (secondary N) is 1. The Morgan fingerprint density at radius 2 is 2.12 bits per heavy atom. The Morgan fingerprint density at radius 3 is 2.88 bits per heavy atom. The molecule has 1 aromatic heterocycles. The highest BCUT2D eigenvalue weighted by molar-refractivity contribution is 5.59. The normalized spacial score (nSPS) is 10.1. The third-order valence-electron chi connectivity index (χ3n) is 2.39. The summed E-state index contributed by atoms with van der Waals surface area (Å²) in [6, 6.07) is 12.0. The third kappa shape index (κ3) is 2.38. The molecule has 0 spiro atoms. The van der Waals surface area contributed by atoms with Crippen LogP contribution in [-0.2, 0) is 6.54 Å². The van der Waals surface area contributed by atoms with Gasteiger partial charge in [-0.05, 0) is 30.7 Å². The fraction of sp³-hybridized carbons (Fsp3) is 0.154. The molecule has 3 nitrogen and oxygen atoms in total. The summed E-state index contributed by atoms with van der Waals surface area (Å²) >= 11 is 0. The monoisotopic (exact) mass is 213 g/mol. The molecule has 0 fully saturated rings. The van der Waals surface area contributed by atoms with Gasteiger partial charge in [0.05, 0.1) is 0 Å². The molecule has 0 saturated carbocycles. The van der Waals surface area contributed by atoms with Gasteiger partial charge in [-0.1, -0.05) is 18.2 Å². The largest absolute Gasteiger partial charge is 0.340 e. The highest BCUT2D eigenvalue weighted by atomic mass is 15.0. The lowest BCUT2D eigenvalue weighted by atomic mass is 10.2. The first kappa shape index (κ1) is 10.6. The van der Waals surface area contributed by atoms with E-state index >= 15 is 0 Å². The SMILES string of the molecule is Cc1cccc(Nc2ncccc2CN)c1. The summed E-state index contributed by atoms with van der Waals surface area (Å²) in [5, 5.41) is 3.27. The first-order valence-electron chi connectivity index (χ1n) is 5.27. The number of benzene rings is 1. The molecule has 0 aliphatic heterocycles. The standard InChI is InChI=1S/C13H15N3/c1-10-4-2-6-12(8-10)16-13-11(9-14)5-3-7-15-13/h2-8H,9,14H2,1H3,(H,15,16). The van der Waals surface area contributed by atoms with Crippen LogP contribution in [0.4, 0.5) is 11.5 Å². The van der Waals surface area contributed by atoms with Gasteiger partial charge in [0.15, 0.2) is 0 Å². The lowest BCUT2D eigenvalue weighted by Crippen LogP contribution is -2.03. The van der Waals surface area contributed by atoms with Gasteiger partial charge in [0.25, 0.3) is 0 Å². The van der Waals surface area contributed by atoms with Crippen LogP contribution < -0.4 is 11.1 Å².